The van der Waals surface area contributed by atoms with Crippen LogP contribution >= 0.6 is 11.9 Å². The highest BCUT2D eigenvalue weighted by Gasteiger charge is 2.19. The molecule has 0 aliphatic carbocycles. The lowest BCUT2D eigenvalue weighted by Crippen LogP contribution is -1.86. The highest BCUT2D eigenvalue weighted by Crippen LogP contribution is 2.42. The minimum Gasteiger partial charge on any atom is -0.329 e. The number of hydrogen-bond acceptors (Lipinski definition) is 2. The highest BCUT2D eigenvalue weighted by molar-refractivity contribution is 8.01. The first kappa shape index (κ1) is 7.04. The molecule has 1 atom stereocenters. The number of aryl methyl sites for hydroxylation is 1. The maximum Gasteiger partial charge on any atom is 0.0490 e. The number of rotatable bonds is 0. The maximum atomic E-state index is 3.31. The summed E-state index contributed by atoms with van der Waals surface area (Å²) in [6.07, 6.45) is 0. The zero-order valence-corrected chi connectivity index (χ0v) is 7.53. The molecule has 2 heteroatoms. The topological polar surface area (TPSA) is 12.0 Å². The molecule has 0 saturated heterocycles. The van der Waals surface area contributed by atoms with Gasteiger partial charge in [-0.15, -0.1) is 0 Å². The van der Waals surface area contributed by atoms with Crippen molar-refractivity contribution in [2.24, 2.45) is 0 Å². The Bertz CT molecular complexity index is 283. The van der Waals surface area contributed by atoms with Crippen molar-refractivity contribution in [2.75, 3.05) is 4.72 Å². The Morgan fingerprint density at radius 2 is 2.27 bits per heavy atom. The van der Waals surface area contributed by atoms with Crippen LogP contribution in [0, 0.1) is 6.92 Å². The summed E-state index contributed by atoms with van der Waals surface area (Å²) < 4.78 is 3.31. The first-order valence-corrected chi connectivity index (χ1v) is 4.68. The van der Waals surface area contributed by atoms with Gasteiger partial charge in [0.05, 0.1) is 0 Å². The molecule has 1 aromatic rings. The summed E-state index contributed by atoms with van der Waals surface area (Å²) in [5, 5.41) is 0.603. The molecule has 0 saturated carbocycles. The van der Waals surface area contributed by atoms with Gasteiger partial charge in [-0.05, 0) is 43.0 Å². The van der Waals surface area contributed by atoms with Gasteiger partial charge in [-0.25, -0.2) is 0 Å². The average molecular weight is 165 g/mol. The molecule has 1 aliphatic rings. The molecule has 0 aromatic heterocycles. The predicted octanol–water partition coefficient (Wildman–Crippen LogP) is 3.13. The Balaban J connectivity index is 2.58. The standard InChI is InChI=1S/C9H11NS/c1-6-4-3-5-8-9(6)7(2)11-10-8/h3-5,7,10H,1-2H3/t7-/m1/s1. The maximum absolute atomic E-state index is 3.31. The van der Waals surface area contributed by atoms with Crippen LogP contribution in [0.3, 0.4) is 0 Å². The third-order valence-corrected chi connectivity index (χ3v) is 3.00. The lowest BCUT2D eigenvalue weighted by atomic mass is 10.0. The van der Waals surface area contributed by atoms with Crippen LogP contribution < -0.4 is 4.72 Å². The fraction of sp³-hybridized carbons (Fsp3) is 0.333. The highest BCUT2D eigenvalue weighted by atomic mass is 32.2. The molecule has 1 aliphatic heterocycles. The summed E-state index contributed by atoms with van der Waals surface area (Å²) in [6.45, 7) is 4.40. The van der Waals surface area contributed by atoms with Crippen molar-refractivity contribution in [1.29, 1.82) is 0 Å². The second-order valence-corrected chi connectivity index (χ2v) is 4.05. The summed E-state index contributed by atoms with van der Waals surface area (Å²) in [5.74, 6) is 0. The van der Waals surface area contributed by atoms with Gasteiger partial charge < -0.3 is 4.72 Å². The van der Waals surface area contributed by atoms with E-state index in [-0.39, 0.29) is 0 Å². The SMILES string of the molecule is Cc1cccc2c1[C@@H](C)SN2. The van der Waals surface area contributed by atoms with Gasteiger partial charge in [0.1, 0.15) is 0 Å². The Morgan fingerprint density at radius 1 is 1.45 bits per heavy atom. The van der Waals surface area contributed by atoms with E-state index in [9.17, 15) is 0 Å². The molecule has 58 valence electrons. The largest absolute Gasteiger partial charge is 0.329 e. The number of benzene rings is 1. The first-order chi connectivity index (χ1) is 5.29. The van der Waals surface area contributed by atoms with Crippen molar-refractivity contribution in [2.45, 2.75) is 19.1 Å². The van der Waals surface area contributed by atoms with E-state index in [0.717, 1.165) is 0 Å². The normalized spacial score (nSPS) is 21.1. The molecule has 11 heavy (non-hydrogen) atoms. The Labute approximate surface area is 71.3 Å². The van der Waals surface area contributed by atoms with Crippen molar-refractivity contribution < 1.29 is 0 Å². The molecule has 1 N–H and O–H groups in total. The molecule has 0 spiro atoms. The Hall–Kier alpha value is -0.630. The fourth-order valence-corrected chi connectivity index (χ4v) is 2.43. The summed E-state index contributed by atoms with van der Waals surface area (Å²) in [6, 6.07) is 6.40. The van der Waals surface area contributed by atoms with E-state index in [0.29, 0.717) is 5.25 Å². The summed E-state index contributed by atoms with van der Waals surface area (Å²) in [7, 11) is 0. The van der Waals surface area contributed by atoms with Crippen LogP contribution in [0.5, 0.6) is 0 Å². The van der Waals surface area contributed by atoms with Crippen LogP contribution in [0.15, 0.2) is 18.2 Å². The van der Waals surface area contributed by atoms with Crippen molar-refractivity contribution >= 4 is 17.6 Å². The van der Waals surface area contributed by atoms with Crippen molar-refractivity contribution in [1.82, 2.24) is 0 Å². The summed E-state index contributed by atoms with van der Waals surface area (Å²) in [5.41, 5.74) is 4.16. The second-order valence-electron chi connectivity index (χ2n) is 2.90. The number of anilines is 1. The fourth-order valence-electron chi connectivity index (χ4n) is 1.52. The summed E-state index contributed by atoms with van der Waals surface area (Å²) >= 11 is 1.79. The molecule has 0 bridgehead atoms. The van der Waals surface area contributed by atoms with Gasteiger partial charge in [-0.3, -0.25) is 0 Å². The van der Waals surface area contributed by atoms with Crippen LogP contribution in [-0.4, -0.2) is 0 Å². The molecule has 1 heterocycles. The molecular weight excluding hydrogens is 154 g/mol. The van der Waals surface area contributed by atoms with Gasteiger partial charge >= 0.3 is 0 Å². The van der Waals surface area contributed by atoms with Gasteiger partial charge in [-0.2, -0.15) is 0 Å². The minimum atomic E-state index is 0.603. The predicted molar refractivity (Wildman–Crippen MR) is 50.8 cm³/mol. The van der Waals surface area contributed by atoms with E-state index in [1.54, 1.807) is 11.9 Å². The number of hydrogen-bond donors (Lipinski definition) is 1. The molecule has 0 unspecified atom stereocenters. The third kappa shape index (κ3) is 1.02. The van der Waals surface area contributed by atoms with Crippen molar-refractivity contribution in [3.63, 3.8) is 0 Å². The van der Waals surface area contributed by atoms with E-state index >= 15 is 0 Å². The van der Waals surface area contributed by atoms with Gasteiger partial charge in [0.25, 0.3) is 0 Å². The van der Waals surface area contributed by atoms with Crippen molar-refractivity contribution in [3.8, 4) is 0 Å². The number of fused-ring (bicyclic) bond motifs is 1. The van der Waals surface area contributed by atoms with Crippen LogP contribution in [-0.2, 0) is 0 Å². The smallest absolute Gasteiger partial charge is 0.0490 e. The monoisotopic (exact) mass is 165 g/mol. The zero-order valence-electron chi connectivity index (χ0n) is 6.72. The van der Waals surface area contributed by atoms with E-state index in [4.69, 9.17) is 0 Å². The van der Waals surface area contributed by atoms with E-state index in [1.807, 2.05) is 0 Å². The molecule has 2 rings (SSSR count). The minimum absolute atomic E-state index is 0.603. The second kappa shape index (κ2) is 2.45. The Morgan fingerprint density at radius 3 is 3.00 bits per heavy atom. The molecule has 1 nitrogen and oxygen atoms in total. The van der Waals surface area contributed by atoms with Gasteiger partial charge in [0.15, 0.2) is 0 Å². The lowest BCUT2D eigenvalue weighted by molar-refractivity contribution is 1.10. The third-order valence-electron chi connectivity index (χ3n) is 2.08. The molecular formula is C9H11NS. The molecule has 1 aromatic carbocycles. The van der Waals surface area contributed by atoms with Gasteiger partial charge in [-0.1, -0.05) is 12.1 Å². The lowest BCUT2D eigenvalue weighted by Gasteiger charge is -2.04. The molecule has 0 radical (unpaired) electrons. The summed E-state index contributed by atoms with van der Waals surface area (Å²) in [4.78, 5) is 0. The van der Waals surface area contributed by atoms with Crippen molar-refractivity contribution in [3.05, 3.63) is 29.3 Å². The van der Waals surface area contributed by atoms with Crippen LogP contribution in [0.1, 0.15) is 23.3 Å². The van der Waals surface area contributed by atoms with Gasteiger partial charge in [0, 0.05) is 10.9 Å². The Kier molecular flexibility index (Phi) is 1.57. The average Bonchev–Trinajstić information content (AvgIpc) is 2.34. The van der Waals surface area contributed by atoms with Crippen LogP contribution in [0.2, 0.25) is 0 Å². The number of nitrogens with one attached hydrogen (secondary N) is 1. The van der Waals surface area contributed by atoms with Gasteiger partial charge in [0.2, 0.25) is 0 Å². The van der Waals surface area contributed by atoms with E-state index in [2.05, 4.69) is 36.8 Å². The zero-order chi connectivity index (χ0) is 7.84. The van der Waals surface area contributed by atoms with Crippen LogP contribution in [0.25, 0.3) is 0 Å². The van der Waals surface area contributed by atoms with E-state index < -0.39 is 0 Å². The first-order valence-electron chi connectivity index (χ1n) is 3.80. The molecule has 0 fully saturated rings. The molecule has 0 amide bonds. The van der Waals surface area contributed by atoms with E-state index in [1.165, 1.54) is 16.8 Å². The quantitative estimate of drug-likeness (QED) is 0.593. The van der Waals surface area contributed by atoms with Crippen LogP contribution in [0.4, 0.5) is 5.69 Å².